The number of hydrazine groups is 1. The lowest BCUT2D eigenvalue weighted by Crippen LogP contribution is -2.30. The van der Waals surface area contributed by atoms with Gasteiger partial charge in [0.05, 0.1) is 13.2 Å². The van der Waals surface area contributed by atoms with Crippen LogP contribution in [-0.2, 0) is 6.42 Å². The van der Waals surface area contributed by atoms with Crippen molar-refractivity contribution in [3.63, 3.8) is 0 Å². The number of benzene rings is 2. The van der Waals surface area contributed by atoms with E-state index in [4.69, 9.17) is 22.2 Å². The van der Waals surface area contributed by atoms with Gasteiger partial charge in [0.15, 0.2) is 0 Å². The van der Waals surface area contributed by atoms with E-state index in [-0.39, 0.29) is 6.04 Å². The molecule has 1 unspecified atom stereocenters. The smallest absolute Gasteiger partial charge is 0.124 e. The third-order valence-electron chi connectivity index (χ3n) is 3.21. The Labute approximate surface area is 146 Å². The highest BCUT2D eigenvalue weighted by Crippen LogP contribution is 2.32. The molecule has 21 heavy (non-hydrogen) atoms. The predicted molar refractivity (Wildman–Crippen MR) is 93.6 cm³/mol. The lowest BCUT2D eigenvalue weighted by molar-refractivity contribution is 0.398. The molecule has 2 aromatic carbocycles. The lowest BCUT2D eigenvalue weighted by atomic mass is 9.98. The van der Waals surface area contributed by atoms with Crippen LogP contribution in [0.4, 0.5) is 0 Å². The topological polar surface area (TPSA) is 47.3 Å². The molecule has 0 saturated carbocycles. The Bertz CT molecular complexity index is 637. The van der Waals surface area contributed by atoms with E-state index in [1.165, 1.54) is 0 Å². The van der Waals surface area contributed by atoms with E-state index in [1.807, 2.05) is 36.4 Å². The van der Waals surface area contributed by atoms with Crippen LogP contribution in [0, 0.1) is 0 Å². The Balaban J connectivity index is 2.32. The standard InChI is InChI=1S/C15H15Br2ClN2O/c1-21-15-8-11(17)4-5-12(15)14(20-19)6-9-2-3-10(16)7-13(9)18/h2-5,7-8,14,20H,6,19H2,1H3. The molecule has 3 N–H and O–H groups in total. The number of nitrogens with two attached hydrogens (primary N) is 1. The Morgan fingerprint density at radius 1 is 1.19 bits per heavy atom. The van der Waals surface area contributed by atoms with Crippen LogP contribution in [0.2, 0.25) is 5.02 Å². The van der Waals surface area contributed by atoms with Crippen molar-refractivity contribution in [3.8, 4) is 5.75 Å². The lowest BCUT2D eigenvalue weighted by Gasteiger charge is -2.20. The highest BCUT2D eigenvalue weighted by molar-refractivity contribution is 9.10. The average molecular weight is 435 g/mol. The minimum Gasteiger partial charge on any atom is -0.496 e. The van der Waals surface area contributed by atoms with Crippen molar-refractivity contribution in [2.45, 2.75) is 12.5 Å². The minimum atomic E-state index is -0.0910. The quantitative estimate of drug-likeness (QED) is 0.533. The molecule has 0 bridgehead atoms. The van der Waals surface area contributed by atoms with Gasteiger partial charge in [-0.1, -0.05) is 55.6 Å². The SMILES string of the molecule is COc1cc(Br)ccc1C(Cc1ccc(Br)cc1Cl)NN. The van der Waals surface area contributed by atoms with E-state index in [0.717, 1.165) is 25.8 Å². The number of halogens is 3. The largest absolute Gasteiger partial charge is 0.496 e. The van der Waals surface area contributed by atoms with Crippen molar-refractivity contribution in [1.29, 1.82) is 0 Å². The molecule has 0 heterocycles. The van der Waals surface area contributed by atoms with Gasteiger partial charge in [-0.3, -0.25) is 11.3 Å². The van der Waals surface area contributed by atoms with Crippen LogP contribution < -0.4 is 16.0 Å². The molecule has 3 nitrogen and oxygen atoms in total. The summed E-state index contributed by atoms with van der Waals surface area (Å²) in [6, 6.07) is 11.6. The molecule has 0 spiro atoms. The summed E-state index contributed by atoms with van der Waals surface area (Å²) in [6.45, 7) is 0. The van der Waals surface area contributed by atoms with Crippen molar-refractivity contribution in [1.82, 2.24) is 5.43 Å². The van der Waals surface area contributed by atoms with Crippen LogP contribution in [0.15, 0.2) is 45.3 Å². The van der Waals surface area contributed by atoms with Gasteiger partial charge in [0.25, 0.3) is 0 Å². The van der Waals surface area contributed by atoms with Crippen LogP contribution in [0.5, 0.6) is 5.75 Å². The van der Waals surface area contributed by atoms with Crippen molar-refractivity contribution >= 4 is 43.5 Å². The molecule has 6 heteroatoms. The number of rotatable bonds is 5. The molecule has 0 aliphatic heterocycles. The fourth-order valence-electron chi connectivity index (χ4n) is 2.14. The van der Waals surface area contributed by atoms with Gasteiger partial charge in [0, 0.05) is 19.5 Å². The van der Waals surface area contributed by atoms with Crippen LogP contribution in [-0.4, -0.2) is 7.11 Å². The molecule has 0 saturated heterocycles. The van der Waals surface area contributed by atoms with Crippen molar-refractivity contribution in [2.75, 3.05) is 7.11 Å². The van der Waals surface area contributed by atoms with Crippen LogP contribution >= 0.6 is 43.5 Å². The average Bonchev–Trinajstić information content (AvgIpc) is 2.47. The molecule has 2 rings (SSSR count). The second-order valence-electron chi connectivity index (χ2n) is 4.55. The summed E-state index contributed by atoms with van der Waals surface area (Å²) in [5, 5.41) is 0.709. The number of methoxy groups -OCH3 is 1. The summed E-state index contributed by atoms with van der Waals surface area (Å²) in [4.78, 5) is 0. The molecule has 2 aromatic rings. The number of ether oxygens (including phenoxy) is 1. The molecular weight excluding hydrogens is 419 g/mol. The van der Waals surface area contributed by atoms with Gasteiger partial charge in [-0.15, -0.1) is 0 Å². The number of hydrogen-bond donors (Lipinski definition) is 2. The van der Waals surface area contributed by atoms with Gasteiger partial charge in [0.1, 0.15) is 5.75 Å². The van der Waals surface area contributed by atoms with E-state index in [0.29, 0.717) is 11.4 Å². The van der Waals surface area contributed by atoms with E-state index in [9.17, 15) is 0 Å². The van der Waals surface area contributed by atoms with Crippen LogP contribution in [0.1, 0.15) is 17.2 Å². The van der Waals surface area contributed by atoms with Crippen LogP contribution in [0.3, 0.4) is 0 Å². The molecule has 0 aromatic heterocycles. The second kappa shape index (κ2) is 7.61. The molecule has 1 atom stereocenters. The van der Waals surface area contributed by atoms with Gasteiger partial charge < -0.3 is 4.74 Å². The maximum absolute atomic E-state index is 6.28. The highest BCUT2D eigenvalue weighted by Gasteiger charge is 2.17. The second-order valence-corrected chi connectivity index (χ2v) is 6.78. The van der Waals surface area contributed by atoms with E-state index in [1.54, 1.807) is 7.11 Å². The summed E-state index contributed by atoms with van der Waals surface area (Å²) in [7, 11) is 1.64. The Hall–Kier alpha value is -0.590. The first-order chi connectivity index (χ1) is 10.0. The monoisotopic (exact) mass is 432 g/mol. The zero-order chi connectivity index (χ0) is 15.4. The zero-order valence-corrected chi connectivity index (χ0v) is 15.3. The third-order valence-corrected chi connectivity index (χ3v) is 4.55. The van der Waals surface area contributed by atoms with Gasteiger partial charge in [-0.2, -0.15) is 0 Å². The van der Waals surface area contributed by atoms with Gasteiger partial charge in [0.2, 0.25) is 0 Å². The molecule has 0 amide bonds. The third kappa shape index (κ3) is 4.20. The first-order valence-electron chi connectivity index (χ1n) is 6.28. The van der Waals surface area contributed by atoms with E-state index in [2.05, 4.69) is 37.3 Å². The summed E-state index contributed by atoms with van der Waals surface area (Å²) >= 11 is 13.1. The molecule has 112 valence electrons. The molecule has 0 fully saturated rings. The first-order valence-corrected chi connectivity index (χ1v) is 8.25. The maximum Gasteiger partial charge on any atom is 0.124 e. The van der Waals surface area contributed by atoms with Crippen molar-refractivity contribution in [3.05, 3.63) is 61.5 Å². The summed E-state index contributed by atoms with van der Waals surface area (Å²) in [5.41, 5.74) is 4.85. The van der Waals surface area contributed by atoms with Crippen LogP contribution in [0.25, 0.3) is 0 Å². The van der Waals surface area contributed by atoms with Crippen molar-refractivity contribution < 1.29 is 4.74 Å². The predicted octanol–water partition coefficient (Wildman–Crippen LogP) is 4.62. The van der Waals surface area contributed by atoms with Gasteiger partial charge in [-0.05, 0) is 36.2 Å². The van der Waals surface area contributed by atoms with Gasteiger partial charge >= 0.3 is 0 Å². The molecular formula is C15H15Br2ClN2O. The van der Waals surface area contributed by atoms with E-state index < -0.39 is 0 Å². The highest BCUT2D eigenvalue weighted by atomic mass is 79.9. The van der Waals surface area contributed by atoms with Gasteiger partial charge in [-0.25, -0.2) is 0 Å². The minimum absolute atomic E-state index is 0.0910. The Morgan fingerprint density at radius 3 is 2.48 bits per heavy atom. The first kappa shape index (κ1) is 16.8. The summed E-state index contributed by atoms with van der Waals surface area (Å²) < 4.78 is 7.34. The normalized spacial score (nSPS) is 12.2. The van der Waals surface area contributed by atoms with Crippen molar-refractivity contribution in [2.24, 2.45) is 5.84 Å². The number of hydrogen-bond acceptors (Lipinski definition) is 3. The number of nitrogens with one attached hydrogen (secondary N) is 1. The Kier molecular flexibility index (Phi) is 6.08. The molecule has 0 aliphatic carbocycles. The Morgan fingerprint density at radius 2 is 1.86 bits per heavy atom. The molecule has 0 radical (unpaired) electrons. The zero-order valence-electron chi connectivity index (χ0n) is 11.4. The van der Waals surface area contributed by atoms with E-state index >= 15 is 0 Å². The summed E-state index contributed by atoms with van der Waals surface area (Å²) in [5.74, 6) is 6.50. The molecule has 0 aliphatic rings. The summed E-state index contributed by atoms with van der Waals surface area (Å²) in [6.07, 6.45) is 0.667. The fourth-order valence-corrected chi connectivity index (χ4v) is 3.23. The fraction of sp³-hybridized carbons (Fsp3) is 0.200. The maximum atomic E-state index is 6.28.